The van der Waals surface area contributed by atoms with Crippen LogP contribution in [0.3, 0.4) is 0 Å². The van der Waals surface area contributed by atoms with Crippen LogP contribution in [-0.4, -0.2) is 57.5 Å². The van der Waals surface area contributed by atoms with Crippen molar-refractivity contribution in [2.75, 3.05) is 33.6 Å². The highest BCUT2D eigenvalue weighted by Gasteiger charge is 2.38. The Morgan fingerprint density at radius 3 is 2.41 bits per heavy atom. The topological polar surface area (TPSA) is 48.0 Å². The largest absolute Gasteiger partial charge is 0.500 e. The molecule has 1 fully saturated rings. The molecule has 0 bridgehead atoms. The summed E-state index contributed by atoms with van der Waals surface area (Å²) in [5.74, 6) is 0.953. The van der Waals surface area contributed by atoms with Gasteiger partial charge in [0.05, 0.1) is 0 Å². The molecule has 8 heteroatoms. The molecule has 1 heterocycles. The zero-order chi connectivity index (χ0) is 12.9. The summed E-state index contributed by atoms with van der Waals surface area (Å²) in [6, 6.07) is 0.716. The molecular formula is C9H18BrNO4SSi. The van der Waals surface area contributed by atoms with Crippen molar-refractivity contribution in [2.24, 2.45) is 0 Å². The van der Waals surface area contributed by atoms with Gasteiger partial charge < -0.3 is 13.3 Å². The van der Waals surface area contributed by atoms with Gasteiger partial charge in [-0.15, -0.1) is 0 Å². The van der Waals surface area contributed by atoms with E-state index in [0.717, 1.165) is 12.2 Å². The molecular weight excluding hydrogens is 326 g/mol. The number of amides is 1. The molecule has 1 rings (SSSR count). The molecule has 1 amide bonds. The maximum Gasteiger partial charge on any atom is 0.500 e. The molecule has 0 spiro atoms. The third kappa shape index (κ3) is 3.93. The van der Waals surface area contributed by atoms with Crippen molar-refractivity contribution >= 4 is 42.6 Å². The van der Waals surface area contributed by atoms with Crippen molar-refractivity contribution in [3.05, 3.63) is 0 Å². The molecule has 1 aliphatic heterocycles. The van der Waals surface area contributed by atoms with Crippen molar-refractivity contribution in [2.45, 2.75) is 17.3 Å². The molecule has 0 saturated carbocycles. The van der Waals surface area contributed by atoms with E-state index in [1.165, 1.54) is 0 Å². The van der Waals surface area contributed by atoms with Crippen molar-refractivity contribution in [1.29, 1.82) is 0 Å². The van der Waals surface area contributed by atoms with Gasteiger partial charge in [0.25, 0.3) is 0 Å². The van der Waals surface area contributed by atoms with Crippen LogP contribution in [0.25, 0.3) is 0 Å². The molecule has 1 atom stereocenters. The summed E-state index contributed by atoms with van der Waals surface area (Å²) in [7, 11) is 2.31. The SMILES string of the molecule is CO[Si](CCCN1SCC(Br)C1=O)(OC)OC. The number of hydrogen-bond donors (Lipinski definition) is 0. The lowest BCUT2D eigenvalue weighted by Gasteiger charge is -2.25. The third-order valence-electron chi connectivity index (χ3n) is 2.67. The summed E-state index contributed by atoms with van der Waals surface area (Å²) < 4.78 is 17.8. The number of carbonyl (C=O) groups excluding carboxylic acids is 1. The Hall–Kier alpha value is 0.397. The van der Waals surface area contributed by atoms with E-state index in [2.05, 4.69) is 15.9 Å². The minimum absolute atomic E-state index is 0.0400. The second-order valence-electron chi connectivity index (χ2n) is 3.60. The Morgan fingerprint density at radius 2 is 2.00 bits per heavy atom. The van der Waals surface area contributed by atoms with Crippen LogP contribution in [0.5, 0.6) is 0 Å². The Morgan fingerprint density at radius 1 is 1.41 bits per heavy atom. The molecule has 0 aliphatic carbocycles. The molecule has 1 saturated heterocycles. The van der Waals surface area contributed by atoms with Gasteiger partial charge in [0.1, 0.15) is 4.83 Å². The average molecular weight is 344 g/mol. The maximum absolute atomic E-state index is 11.6. The molecule has 17 heavy (non-hydrogen) atoms. The van der Waals surface area contributed by atoms with E-state index in [1.807, 2.05) is 0 Å². The van der Waals surface area contributed by atoms with E-state index in [-0.39, 0.29) is 10.7 Å². The normalized spacial score (nSPS) is 21.3. The second kappa shape index (κ2) is 7.10. The minimum Gasteiger partial charge on any atom is -0.377 e. The van der Waals surface area contributed by atoms with E-state index in [9.17, 15) is 4.79 Å². The summed E-state index contributed by atoms with van der Waals surface area (Å²) >= 11 is 4.90. The molecule has 0 radical (unpaired) electrons. The third-order valence-corrected chi connectivity index (χ3v) is 7.80. The fraction of sp³-hybridized carbons (Fsp3) is 0.889. The Labute approximate surface area is 116 Å². The van der Waals surface area contributed by atoms with Crippen LogP contribution in [0, 0.1) is 0 Å². The van der Waals surface area contributed by atoms with Crippen LogP contribution < -0.4 is 0 Å². The van der Waals surface area contributed by atoms with Gasteiger partial charge in [-0.3, -0.25) is 9.10 Å². The molecule has 0 aromatic rings. The van der Waals surface area contributed by atoms with Gasteiger partial charge in [-0.1, -0.05) is 15.9 Å². The number of halogens is 1. The van der Waals surface area contributed by atoms with Crippen LogP contribution in [0.1, 0.15) is 6.42 Å². The number of hydrogen-bond acceptors (Lipinski definition) is 5. The lowest BCUT2D eigenvalue weighted by molar-refractivity contribution is -0.124. The molecule has 1 aliphatic rings. The predicted molar refractivity (Wildman–Crippen MR) is 73.1 cm³/mol. The van der Waals surface area contributed by atoms with Crippen LogP contribution in [-0.2, 0) is 18.1 Å². The highest BCUT2D eigenvalue weighted by molar-refractivity contribution is 9.10. The first-order chi connectivity index (χ1) is 8.08. The Balaban J connectivity index is 2.34. The van der Waals surface area contributed by atoms with E-state index in [0.29, 0.717) is 12.6 Å². The average Bonchev–Trinajstić information content (AvgIpc) is 2.67. The molecule has 0 aromatic carbocycles. The Kier molecular flexibility index (Phi) is 6.46. The van der Waals surface area contributed by atoms with Crippen LogP contribution >= 0.6 is 27.9 Å². The van der Waals surface area contributed by atoms with Crippen molar-refractivity contribution in [1.82, 2.24) is 4.31 Å². The van der Waals surface area contributed by atoms with Gasteiger partial charge in [-0.05, 0) is 18.4 Å². The standard InChI is InChI=1S/C9H18BrNO4SSi/c1-13-17(14-2,15-3)6-4-5-11-9(12)8(10)7-16-11/h8H,4-7H2,1-3H3. The highest BCUT2D eigenvalue weighted by atomic mass is 79.9. The molecule has 0 aromatic heterocycles. The Bertz CT molecular complexity index is 259. The summed E-state index contributed by atoms with van der Waals surface area (Å²) in [6.07, 6.45) is 0.820. The number of carbonyl (C=O) groups is 1. The van der Waals surface area contributed by atoms with Gasteiger partial charge in [0, 0.05) is 39.7 Å². The van der Waals surface area contributed by atoms with Crippen molar-refractivity contribution < 1.29 is 18.1 Å². The summed E-state index contributed by atoms with van der Waals surface area (Å²) in [5.41, 5.74) is 0. The monoisotopic (exact) mass is 343 g/mol. The summed E-state index contributed by atoms with van der Waals surface area (Å²) in [5, 5.41) is 0. The number of rotatable bonds is 7. The van der Waals surface area contributed by atoms with Gasteiger partial charge in [-0.25, -0.2) is 0 Å². The smallest absolute Gasteiger partial charge is 0.377 e. The summed E-state index contributed by atoms with van der Waals surface area (Å²) in [4.78, 5) is 11.6. The number of alkyl halides is 1. The lowest BCUT2D eigenvalue weighted by atomic mass is 10.4. The quantitative estimate of drug-likeness (QED) is 0.398. The van der Waals surface area contributed by atoms with Crippen molar-refractivity contribution in [3.63, 3.8) is 0 Å². The van der Waals surface area contributed by atoms with Gasteiger partial charge in [0.2, 0.25) is 5.91 Å². The van der Waals surface area contributed by atoms with Gasteiger partial charge in [0.15, 0.2) is 0 Å². The van der Waals surface area contributed by atoms with Crippen LogP contribution in [0.2, 0.25) is 6.04 Å². The van der Waals surface area contributed by atoms with E-state index in [1.54, 1.807) is 37.6 Å². The maximum atomic E-state index is 11.6. The lowest BCUT2D eigenvalue weighted by Crippen LogP contribution is -2.43. The fourth-order valence-corrected chi connectivity index (χ4v) is 5.02. The molecule has 100 valence electrons. The van der Waals surface area contributed by atoms with E-state index in [4.69, 9.17) is 13.3 Å². The second-order valence-corrected chi connectivity index (χ2v) is 8.83. The van der Waals surface area contributed by atoms with Gasteiger partial charge >= 0.3 is 8.80 Å². The van der Waals surface area contributed by atoms with Crippen molar-refractivity contribution in [3.8, 4) is 0 Å². The highest BCUT2D eigenvalue weighted by Crippen LogP contribution is 2.27. The molecule has 0 N–H and O–H groups in total. The zero-order valence-corrected chi connectivity index (χ0v) is 13.7. The summed E-state index contributed by atoms with van der Waals surface area (Å²) in [6.45, 7) is 0.705. The zero-order valence-electron chi connectivity index (χ0n) is 10.3. The van der Waals surface area contributed by atoms with E-state index >= 15 is 0 Å². The van der Waals surface area contributed by atoms with Gasteiger partial charge in [-0.2, -0.15) is 0 Å². The minimum atomic E-state index is -2.49. The predicted octanol–water partition coefficient (Wildman–Crippen LogP) is 1.51. The number of nitrogens with zero attached hydrogens (tertiary/aromatic N) is 1. The first kappa shape index (κ1) is 15.5. The van der Waals surface area contributed by atoms with Crippen LogP contribution in [0.15, 0.2) is 0 Å². The van der Waals surface area contributed by atoms with Crippen LogP contribution in [0.4, 0.5) is 0 Å². The molecule has 1 unspecified atom stereocenters. The fourth-order valence-electron chi connectivity index (χ4n) is 1.62. The molecule has 5 nitrogen and oxygen atoms in total. The first-order valence-electron chi connectivity index (χ1n) is 5.32. The van der Waals surface area contributed by atoms with E-state index < -0.39 is 8.80 Å². The first-order valence-corrected chi connectivity index (χ1v) is 9.11.